The van der Waals surface area contributed by atoms with Crippen LogP contribution < -0.4 is 10.1 Å². The Hall–Kier alpha value is -3.58. The second-order valence-corrected chi connectivity index (χ2v) is 14.2. The molecule has 9 atom stereocenters. The van der Waals surface area contributed by atoms with Gasteiger partial charge < -0.3 is 35.2 Å². The first kappa shape index (κ1) is 37.2. The molecule has 1 aromatic rings. The molecule has 5 N–H and O–H groups in total. The number of rotatable bonds is 1. The van der Waals surface area contributed by atoms with Gasteiger partial charge >= 0.3 is 5.79 Å². The highest BCUT2D eigenvalue weighted by molar-refractivity contribution is 9.12. The van der Waals surface area contributed by atoms with Gasteiger partial charge in [0.1, 0.15) is 17.2 Å². The number of carbonyl (C=O) groups excluding carboxylic acids is 4. The number of carbonyl (C=O) groups is 4. The predicted molar refractivity (Wildman–Crippen MR) is 180 cm³/mol. The number of Topliss-reactive ketones (excluding diaryl/α,β-unsaturated/α-hetero) is 3. The van der Waals surface area contributed by atoms with Gasteiger partial charge in [0.2, 0.25) is 11.6 Å². The predicted octanol–water partition coefficient (Wildman–Crippen LogP) is 4.65. The smallest absolute Gasteiger partial charge is 0.312 e. The minimum absolute atomic E-state index is 0.0266. The SMILES string of the molecule is C/C1=C/C=C/[C@H](C)[C@H](O)[C@@H](C)[C@@H](O)[C@@H](C)[C@H](C)[C@H](C)[C@@H](CO)/C=C/O[C@@]2(C)Oc3c(C)c(O)c4c(c3C2=O)C(=O)C(Br)=C(NC1=O)C4=O. The fourth-order valence-corrected chi connectivity index (χ4v) is 7.00. The van der Waals surface area contributed by atoms with Gasteiger partial charge in [-0.1, -0.05) is 52.8 Å². The number of fused-ring (bicyclic) bond motifs is 14. The number of aliphatic hydroxyl groups is 3. The lowest BCUT2D eigenvalue weighted by Gasteiger charge is -2.37. The summed E-state index contributed by atoms with van der Waals surface area (Å²) in [7, 11) is 0. The molecule has 0 spiro atoms. The van der Waals surface area contributed by atoms with Gasteiger partial charge in [0.15, 0.2) is 0 Å². The number of benzene rings is 1. The standard InChI is InChI=1S/C36H44BrNO10/c1-15-10-9-11-16(2)35(46)38-27-26(37)31(43)23-24(32(27)44)30(42)21(7)33-25(23)34(45)36(8,48-33)47-13-12-22(14-39)18(4)17(3)19(5)29(41)20(6)28(15)40/h9-13,15,17-20,22,28-29,39-42H,14H2,1-8H3,(H,38,46)/b10-9+,13-12+,16-11-/t15-,17+,18-,19-,20+,22+,28-,29-,36-/m0/s1. The number of hydrogen-bond acceptors (Lipinski definition) is 10. The molecule has 0 aromatic heterocycles. The van der Waals surface area contributed by atoms with Crippen LogP contribution in [-0.4, -0.2) is 68.3 Å². The van der Waals surface area contributed by atoms with Crippen LogP contribution in [0.1, 0.15) is 85.1 Å². The summed E-state index contributed by atoms with van der Waals surface area (Å²) in [6.07, 6.45) is 5.79. The Labute approximate surface area is 288 Å². The van der Waals surface area contributed by atoms with Crippen molar-refractivity contribution in [2.75, 3.05) is 6.61 Å². The largest absolute Gasteiger partial charge is 0.507 e. The first-order chi connectivity index (χ1) is 22.4. The molecule has 4 aliphatic rings. The Kier molecular flexibility index (Phi) is 10.9. The van der Waals surface area contributed by atoms with Crippen molar-refractivity contribution in [1.82, 2.24) is 5.32 Å². The van der Waals surface area contributed by atoms with E-state index in [1.807, 2.05) is 20.8 Å². The summed E-state index contributed by atoms with van der Waals surface area (Å²) in [6.45, 7) is 13.3. The van der Waals surface area contributed by atoms with Crippen LogP contribution in [0.2, 0.25) is 0 Å². The lowest BCUT2D eigenvalue weighted by molar-refractivity contribution is -0.116. The molecule has 0 saturated carbocycles. The molecule has 5 rings (SSSR count). The summed E-state index contributed by atoms with van der Waals surface area (Å²) in [5.74, 6) is -7.81. The number of aromatic hydroxyl groups is 1. The molecule has 1 aliphatic carbocycles. The van der Waals surface area contributed by atoms with Crippen LogP contribution in [0.25, 0.3) is 0 Å². The number of allylic oxidation sites excluding steroid dienone is 4. The Morgan fingerprint density at radius 2 is 1.52 bits per heavy atom. The maximum Gasteiger partial charge on any atom is 0.312 e. The van der Waals surface area contributed by atoms with Crippen molar-refractivity contribution in [3.63, 3.8) is 0 Å². The number of aliphatic hydroxyl groups excluding tert-OH is 3. The zero-order valence-corrected chi connectivity index (χ0v) is 29.9. The van der Waals surface area contributed by atoms with Gasteiger partial charge in [-0.15, -0.1) is 0 Å². The van der Waals surface area contributed by atoms with E-state index in [0.29, 0.717) is 0 Å². The number of nitrogens with one attached hydrogen (secondary N) is 1. The lowest BCUT2D eigenvalue weighted by atomic mass is 9.72. The van der Waals surface area contributed by atoms with E-state index in [0.717, 1.165) is 0 Å². The topological polar surface area (TPSA) is 180 Å². The third-order valence-electron chi connectivity index (χ3n) is 10.4. The first-order valence-corrected chi connectivity index (χ1v) is 16.8. The van der Waals surface area contributed by atoms with E-state index in [2.05, 4.69) is 21.2 Å². The van der Waals surface area contributed by atoms with Crippen molar-refractivity contribution in [3.8, 4) is 11.5 Å². The number of halogens is 1. The summed E-state index contributed by atoms with van der Waals surface area (Å²) in [6, 6.07) is 0. The summed E-state index contributed by atoms with van der Waals surface area (Å²) in [5.41, 5.74) is -1.27. The number of hydrogen-bond donors (Lipinski definition) is 5. The van der Waals surface area contributed by atoms with E-state index in [4.69, 9.17) is 9.47 Å². The van der Waals surface area contributed by atoms with Crippen molar-refractivity contribution in [2.24, 2.45) is 35.5 Å². The molecule has 1 aromatic carbocycles. The number of ketones is 3. The molecule has 1 amide bonds. The average Bonchev–Trinajstić information content (AvgIpc) is 3.32. The second-order valence-electron chi connectivity index (χ2n) is 13.4. The minimum atomic E-state index is -1.98. The number of phenols is 1. The molecular weight excluding hydrogens is 686 g/mol. The van der Waals surface area contributed by atoms with Gasteiger partial charge in [-0.2, -0.15) is 0 Å². The molecule has 3 heterocycles. The van der Waals surface area contributed by atoms with Crippen LogP contribution in [0.15, 0.2) is 46.3 Å². The molecule has 0 fully saturated rings. The normalized spacial score (nSPS) is 35.8. The molecule has 48 heavy (non-hydrogen) atoms. The van der Waals surface area contributed by atoms with Crippen molar-refractivity contribution >= 4 is 39.2 Å². The van der Waals surface area contributed by atoms with Gasteiger partial charge in [0, 0.05) is 42.4 Å². The first-order valence-electron chi connectivity index (χ1n) is 16.0. The second kappa shape index (κ2) is 14.1. The van der Waals surface area contributed by atoms with Crippen LogP contribution in [0.5, 0.6) is 11.5 Å². The maximum absolute atomic E-state index is 13.9. The molecule has 3 aliphatic heterocycles. The van der Waals surface area contributed by atoms with Gasteiger partial charge in [0.05, 0.1) is 39.6 Å². The third-order valence-corrected chi connectivity index (χ3v) is 11.1. The number of amides is 1. The van der Waals surface area contributed by atoms with Crippen LogP contribution in [0.4, 0.5) is 0 Å². The highest BCUT2D eigenvalue weighted by atomic mass is 79.9. The van der Waals surface area contributed by atoms with E-state index in [-0.39, 0.29) is 56.9 Å². The molecule has 5 bridgehead atoms. The van der Waals surface area contributed by atoms with Crippen molar-refractivity contribution < 1.29 is 49.1 Å². The Morgan fingerprint density at radius 1 is 0.875 bits per heavy atom. The minimum Gasteiger partial charge on any atom is -0.507 e. The third kappa shape index (κ3) is 6.43. The zero-order valence-electron chi connectivity index (χ0n) is 28.3. The van der Waals surface area contributed by atoms with Crippen molar-refractivity contribution in [1.29, 1.82) is 0 Å². The molecular formula is C36H44BrNO10. The summed E-state index contributed by atoms with van der Waals surface area (Å²) in [4.78, 5) is 54.5. The Bertz CT molecular complexity index is 1660. The fourth-order valence-electron chi connectivity index (χ4n) is 6.53. The van der Waals surface area contributed by atoms with Gasteiger partial charge in [-0.05, 0) is 53.6 Å². The van der Waals surface area contributed by atoms with Crippen molar-refractivity contribution in [2.45, 2.75) is 73.4 Å². The highest BCUT2D eigenvalue weighted by Gasteiger charge is 2.52. The molecule has 0 unspecified atom stereocenters. The van der Waals surface area contributed by atoms with Crippen LogP contribution >= 0.6 is 15.9 Å². The van der Waals surface area contributed by atoms with Crippen LogP contribution in [0.3, 0.4) is 0 Å². The fraction of sp³-hybridized carbons (Fsp3) is 0.500. The molecule has 260 valence electrons. The van der Waals surface area contributed by atoms with Crippen molar-refractivity contribution in [3.05, 3.63) is 68.6 Å². The summed E-state index contributed by atoms with van der Waals surface area (Å²) in [5, 5.41) is 46.2. The Balaban J connectivity index is 1.84. The van der Waals surface area contributed by atoms with Gasteiger partial charge in [0.25, 0.3) is 11.7 Å². The van der Waals surface area contributed by atoms with E-state index in [9.17, 15) is 39.6 Å². The maximum atomic E-state index is 13.9. The highest BCUT2D eigenvalue weighted by Crippen LogP contribution is 2.49. The van der Waals surface area contributed by atoms with Crippen LogP contribution in [0, 0.1) is 42.4 Å². The van der Waals surface area contributed by atoms with E-state index >= 15 is 0 Å². The summed E-state index contributed by atoms with van der Waals surface area (Å²) >= 11 is 3.13. The van der Waals surface area contributed by atoms with Gasteiger partial charge in [-0.25, -0.2) is 0 Å². The molecule has 0 radical (unpaired) electrons. The average molecular weight is 731 g/mol. The van der Waals surface area contributed by atoms with Gasteiger partial charge in [-0.3, -0.25) is 19.2 Å². The van der Waals surface area contributed by atoms with E-state index in [1.54, 1.807) is 32.1 Å². The Morgan fingerprint density at radius 3 is 2.15 bits per heavy atom. The lowest BCUT2D eigenvalue weighted by Crippen LogP contribution is -2.41. The monoisotopic (exact) mass is 729 g/mol. The molecule has 0 saturated heterocycles. The molecule has 12 heteroatoms. The van der Waals surface area contributed by atoms with Crippen LogP contribution in [-0.2, 0) is 9.53 Å². The number of ether oxygens (including phenoxy) is 2. The number of phenolic OH excluding ortho intramolecular Hbond substituents is 1. The van der Waals surface area contributed by atoms with E-state index < -0.39 is 76.0 Å². The molecule has 11 nitrogen and oxygen atoms in total. The van der Waals surface area contributed by atoms with E-state index in [1.165, 1.54) is 33.1 Å². The quantitative estimate of drug-likeness (QED) is 0.273. The summed E-state index contributed by atoms with van der Waals surface area (Å²) < 4.78 is 11.4. The zero-order chi connectivity index (χ0) is 36.0.